The third-order valence-electron chi connectivity index (χ3n) is 6.11. The van der Waals surface area contributed by atoms with Gasteiger partial charge >= 0.3 is 0 Å². The van der Waals surface area contributed by atoms with E-state index in [0.29, 0.717) is 13.1 Å². The maximum atomic E-state index is 10.6. The number of ether oxygens (including phenoxy) is 1. The van der Waals surface area contributed by atoms with Crippen molar-refractivity contribution in [1.82, 2.24) is 14.7 Å². The average Bonchev–Trinajstić information content (AvgIpc) is 3.57. The molecule has 5 heteroatoms. The number of aromatic nitrogens is 2. The molecule has 0 bridgehead atoms. The molecule has 33 heavy (non-hydrogen) atoms. The molecule has 4 rings (SSSR count). The molecule has 1 atom stereocenters. The monoisotopic (exact) mass is 445 g/mol. The number of aryl methyl sites for hydroxylation is 2. The van der Waals surface area contributed by atoms with E-state index in [0.717, 1.165) is 59.3 Å². The van der Waals surface area contributed by atoms with E-state index in [1.807, 2.05) is 54.2 Å². The molecule has 0 saturated heterocycles. The van der Waals surface area contributed by atoms with Crippen molar-refractivity contribution in [2.24, 2.45) is 13.0 Å². The number of aliphatic hydroxyl groups excluding tert-OH is 1. The quantitative estimate of drug-likeness (QED) is 0.362. The normalized spacial score (nSPS) is 14.4. The van der Waals surface area contributed by atoms with Gasteiger partial charge in [-0.2, -0.15) is 5.10 Å². The summed E-state index contributed by atoms with van der Waals surface area (Å²) < 4.78 is 8.25. The third kappa shape index (κ3) is 6.34. The SMILES string of the molecule is C=CCCC(O)CN(Cc1c(-c2ccccc2)nn(C)c1Oc1cccc(C)c1)CC1CC1. The van der Waals surface area contributed by atoms with Gasteiger partial charge in [0.15, 0.2) is 0 Å². The minimum atomic E-state index is -0.375. The van der Waals surface area contributed by atoms with Gasteiger partial charge in [-0.15, -0.1) is 6.58 Å². The molecule has 0 amide bonds. The van der Waals surface area contributed by atoms with Crippen LogP contribution in [0.2, 0.25) is 0 Å². The third-order valence-corrected chi connectivity index (χ3v) is 6.11. The van der Waals surface area contributed by atoms with Crippen LogP contribution in [0.25, 0.3) is 11.3 Å². The van der Waals surface area contributed by atoms with Gasteiger partial charge in [-0.05, 0) is 56.2 Å². The molecule has 1 aliphatic rings. The Morgan fingerprint density at radius 1 is 1.21 bits per heavy atom. The highest BCUT2D eigenvalue weighted by molar-refractivity contribution is 5.65. The first-order valence-electron chi connectivity index (χ1n) is 11.9. The highest BCUT2D eigenvalue weighted by atomic mass is 16.5. The van der Waals surface area contributed by atoms with Crippen LogP contribution in [-0.4, -0.2) is 39.0 Å². The van der Waals surface area contributed by atoms with Gasteiger partial charge in [0.2, 0.25) is 5.88 Å². The highest BCUT2D eigenvalue weighted by Crippen LogP contribution is 2.36. The first-order valence-corrected chi connectivity index (χ1v) is 11.9. The van der Waals surface area contributed by atoms with E-state index >= 15 is 0 Å². The molecule has 0 spiro atoms. The van der Waals surface area contributed by atoms with Gasteiger partial charge < -0.3 is 9.84 Å². The predicted molar refractivity (Wildman–Crippen MR) is 133 cm³/mol. The van der Waals surface area contributed by atoms with Crippen molar-refractivity contribution in [2.75, 3.05) is 13.1 Å². The lowest BCUT2D eigenvalue weighted by atomic mass is 10.1. The van der Waals surface area contributed by atoms with Gasteiger partial charge in [0, 0.05) is 32.2 Å². The van der Waals surface area contributed by atoms with Gasteiger partial charge in [0.1, 0.15) is 11.4 Å². The lowest BCUT2D eigenvalue weighted by Crippen LogP contribution is -2.33. The van der Waals surface area contributed by atoms with Crippen LogP contribution in [0.3, 0.4) is 0 Å². The first kappa shape index (κ1) is 23.3. The van der Waals surface area contributed by atoms with Gasteiger partial charge in [-0.1, -0.05) is 48.5 Å². The van der Waals surface area contributed by atoms with Crippen molar-refractivity contribution in [3.05, 3.63) is 78.4 Å². The largest absolute Gasteiger partial charge is 0.439 e. The van der Waals surface area contributed by atoms with Crippen molar-refractivity contribution in [1.29, 1.82) is 0 Å². The fourth-order valence-electron chi connectivity index (χ4n) is 4.23. The molecular formula is C28H35N3O2. The summed E-state index contributed by atoms with van der Waals surface area (Å²) in [6.07, 6.45) is 5.59. The number of benzene rings is 2. The fourth-order valence-corrected chi connectivity index (χ4v) is 4.23. The fraction of sp³-hybridized carbons (Fsp3) is 0.393. The zero-order chi connectivity index (χ0) is 23.2. The van der Waals surface area contributed by atoms with Crippen molar-refractivity contribution >= 4 is 0 Å². The van der Waals surface area contributed by atoms with E-state index in [2.05, 4.69) is 36.6 Å². The van der Waals surface area contributed by atoms with E-state index < -0.39 is 0 Å². The summed E-state index contributed by atoms with van der Waals surface area (Å²) in [4.78, 5) is 2.37. The van der Waals surface area contributed by atoms with E-state index in [4.69, 9.17) is 9.84 Å². The Balaban J connectivity index is 1.67. The Labute approximate surface area is 197 Å². The standard InChI is InChI=1S/C28H35N3O2/c1-4-5-13-24(32)19-31(18-22-15-16-22)20-26-27(23-11-7-6-8-12-23)29-30(3)28(26)33-25-14-9-10-21(2)17-25/h4,6-12,14,17,22,24,32H,1,5,13,15-16,18-20H2,2-3H3. The Hall–Kier alpha value is -2.89. The second-order valence-corrected chi connectivity index (χ2v) is 9.20. The molecule has 1 N–H and O–H groups in total. The summed E-state index contributed by atoms with van der Waals surface area (Å²) in [5.41, 5.74) is 4.21. The minimum absolute atomic E-state index is 0.375. The molecule has 1 aliphatic carbocycles. The van der Waals surface area contributed by atoms with Crippen LogP contribution in [0, 0.1) is 12.8 Å². The van der Waals surface area contributed by atoms with Gasteiger partial charge in [0.25, 0.3) is 0 Å². The molecule has 1 saturated carbocycles. The van der Waals surface area contributed by atoms with E-state index in [1.54, 1.807) is 0 Å². The molecule has 0 radical (unpaired) electrons. The first-order chi connectivity index (χ1) is 16.0. The van der Waals surface area contributed by atoms with Crippen LogP contribution in [0.4, 0.5) is 0 Å². The topological polar surface area (TPSA) is 50.5 Å². The highest BCUT2D eigenvalue weighted by Gasteiger charge is 2.28. The molecule has 1 unspecified atom stereocenters. The summed E-state index contributed by atoms with van der Waals surface area (Å²) in [5, 5.41) is 15.5. The Morgan fingerprint density at radius 3 is 2.70 bits per heavy atom. The zero-order valence-corrected chi connectivity index (χ0v) is 19.8. The molecule has 1 heterocycles. The van der Waals surface area contributed by atoms with Crippen LogP contribution < -0.4 is 4.74 Å². The van der Waals surface area contributed by atoms with Crippen LogP contribution >= 0.6 is 0 Å². The second-order valence-electron chi connectivity index (χ2n) is 9.20. The smallest absolute Gasteiger partial charge is 0.222 e. The molecule has 0 aliphatic heterocycles. The predicted octanol–water partition coefficient (Wildman–Crippen LogP) is 5.73. The van der Waals surface area contributed by atoms with Crippen molar-refractivity contribution < 1.29 is 9.84 Å². The summed E-state index contributed by atoms with van der Waals surface area (Å²) in [5.74, 6) is 2.27. The summed E-state index contributed by atoms with van der Waals surface area (Å²) >= 11 is 0. The maximum absolute atomic E-state index is 10.6. The molecule has 2 aromatic carbocycles. The van der Waals surface area contributed by atoms with Gasteiger partial charge in [-0.3, -0.25) is 4.90 Å². The number of rotatable bonds is 12. The second kappa shape index (κ2) is 10.8. The molecule has 3 aromatic rings. The van der Waals surface area contributed by atoms with Gasteiger partial charge in [0.05, 0.1) is 11.7 Å². The van der Waals surface area contributed by atoms with Crippen LogP contribution in [0.15, 0.2) is 67.3 Å². The minimum Gasteiger partial charge on any atom is -0.439 e. The Bertz CT molecular complexity index is 1060. The molecule has 1 fully saturated rings. The van der Waals surface area contributed by atoms with E-state index in [9.17, 15) is 5.11 Å². The molecule has 174 valence electrons. The lowest BCUT2D eigenvalue weighted by molar-refractivity contribution is 0.0992. The van der Waals surface area contributed by atoms with E-state index in [1.165, 1.54) is 12.8 Å². The average molecular weight is 446 g/mol. The van der Waals surface area contributed by atoms with Crippen LogP contribution in [-0.2, 0) is 13.6 Å². The van der Waals surface area contributed by atoms with Crippen LogP contribution in [0.5, 0.6) is 11.6 Å². The number of allylic oxidation sites excluding steroid dienone is 1. The lowest BCUT2D eigenvalue weighted by Gasteiger charge is -2.25. The number of hydrogen-bond acceptors (Lipinski definition) is 4. The number of nitrogens with zero attached hydrogens (tertiary/aromatic N) is 3. The van der Waals surface area contributed by atoms with Crippen molar-refractivity contribution in [3.63, 3.8) is 0 Å². The van der Waals surface area contributed by atoms with Crippen molar-refractivity contribution in [3.8, 4) is 22.9 Å². The zero-order valence-electron chi connectivity index (χ0n) is 19.8. The number of aliphatic hydroxyl groups is 1. The Kier molecular flexibility index (Phi) is 7.63. The molecule has 1 aromatic heterocycles. The molecule has 5 nitrogen and oxygen atoms in total. The van der Waals surface area contributed by atoms with Crippen molar-refractivity contribution in [2.45, 2.75) is 45.3 Å². The summed E-state index contributed by atoms with van der Waals surface area (Å²) in [6.45, 7) is 8.16. The Morgan fingerprint density at radius 2 is 2.00 bits per heavy atom. The van der Waals surface area contributed by atoms with E-state index in [-0.39, 0.29) is 6.10 Å². The molecular weight excluding hydrogens is 410 g/mol. The maximum Gasteiger partial charge on any atom is 0.222 e. The van der Waals surface area contributed by atoms with Crippen LogP contribution in [0.1, 0.15) is 36.8 Å². The summed E-state index contributed by atoms with van der Waals surface area (Å²) in [6, 6.07) is 18.4. The summed E-state index contributed by atoms with van der Waals surface area (Å²) in [7, 11) is 1.94. The van der Waals surface area contributed by atoms with Gasteiger partial charge in [-0.25, -0.2) is 4.68 Å². The number of hydrogen-bond donors (Lipinski definition) is 1.